The summed E-state index contributed by atoms with van der Waals surface area (Å²) in [5, 5.41) is 10.4. The SMILES string of the molecule is C=C[C@@H](C[N+](=O)[O-])c1ccccc1Br. The molecular weight excluding hydrogens is 246 g/mol. The van der Waals surface area contributed by atoms with Gasteiger partial charge in [0, 0.05) is 9.40 Å². The molecule has 0 unspecified atom stereocenters. The molecule has 74 valence electrons. The number of nitrogens with zero attached hydrogens (tertiary/aromatic N) is 1. The zero-order chi connectivity index (χ0) is 10.6. The molecule has 4 heteroatoms. The lowest BCUT2D eigenvalue weighted by atomic mass is 10.00. The fraction of sp³-hybridized carbons (Fsp3) is 0.200. The molecule has 0 aliphatic heterocycles. The van der Waals surface area contributed by atoms with E-state index in [4.69, 9.17) is 0 Å². The zero-order valence-corrected chi connectivity index (χ0v) is 9.11. The van der Waals surface area contributed by atoms with E-state index < -0.39 is 0 Å². The molecule has 0 saturated carbocycles. The Balaban J connectivity index is 2.94. The summed E-state index contributed by atoms with van der Waals surface area (Å²) >= 11 is 3.36. The summed E-state index contributed by atoms with van der Waals surface area (Å²) in [6.07, 6.45) is 1.60. The topological polar surface area (TPSA) is 43.1 Å². The summed E-state index contributed by atoms with van der Waals surface area (Å²) in [6.45, 7) is 3.49. The molecule has 3 nitrogen and oxygen atoms in total. The third-order valence-electron chi connectivity index (χ3n) is 1.93. The van der Waals surface area contributed by atoms with Crippen molar-refractivity contribution in [3.8, 4) is 0 Å². The first-order chi connectivity index (χ1) is 6.65. The number of hydrogen-bond donors (Lipinski definition) is 0. The second-order valence-electron chi connectivity index (χ2n) is 2.88. The van der Waals surface area contributed by atoms with E-state index in [0.717, 1.165) is 10.0 Å². The molecule has 0 saturated heterocycles. The largest absolute Gasteiger partial charge is 0.265 e. The molecule has 0 bridgehead atoms. The molecule has 1 atom stereocenters. The highest BCUT2D eigenvalue weighted by Gasteiger charge is 2.15. The van der Waals surface area contributed by atoms with Crippen LogP contribution in [0.25, 0.3) is 0 Å². The lowest BCUT2D eigenvalue weighted by Gasteiger charge is -2.09. The minimum Gasteiger partial charge on any atom is -0.265 e. The van der Waals surface area contributed by atoms with E-state index in [1.165, 1.54) is 0 Å². The number of nitro groups is 1. The highest BCUT2D eigenvalue weighted by molar-refractivity contribution is 9.10. The zero-order valence-electron chi connectivity index (χ0n) is 7.52. The van der Waals surface area contributed by atoms with Gasteiger partial charge in [-0.05, 0) is 11.6 Å². The third-order valence-corrected chi connectivity index (χ3v) is 2.66. The van der Waals surface area contributed by atoms with E-state index in [1.54, 1.807) is 6.08 Å². The highest BCUT2D eigenvalue weighted by Crippen LogP contribution is 2.25. The van der Waals surface area contributed by atoms with E-state index in [9.17, 15) is 10.1 Å². The number of hydrogen-bond acceptors (Lipinski definition) is 2. The standard InChI is InChI=1S/C10H10BrNO2/c1-2-8(7-12(13)14)9-5-3-4-6-10(9)11/h2-6,8H,1,7H2/t8-/m0/s1. The van der Waals surface area contributed by atoms with Crippen LogP contribution in [-0.2, 0) is 0 Å². The van der Waals surface area contributed by atoms with Gasteiger partial charge in [-0.1, -0.05) is 40.2 Å². The Morgan fingerprint density at radius 3 is 2.71 bits per heavy atom. The second-order valence-corrected chi connectivity index (χ2v) is 3.73. The smallest absolute Gasteiger partial charge is 0.214 e. The van der Waals surface area contributed by atoms with Crippen LogP contribution in [0.4, 0.5) is 0 Å². The molecule has 0 amide bonds. The first-order valence-corrected chi connectivity index (χ1v) is 4.93. The Labute approximate surface area is 90.7 Å². The molecule has 14 heavy (non-hydrogen) atoms. The van der Waals surface area contributed by atoms with Crippen LogP contribution in [0.5, 0.6) is 0 Å². The van der Waals surface area contributed by atoms with Crippen LogP contribution < -0.4 is 0 Å². The highest BCUT2D eigenvalue weighted by atomic mass is 79.9. The molecule has 1 aromatic rings. The lowest BCUT2D eigenvalue weighted by Crippen LogP contribution is -2.10. The van der Waals surface area contributed by atoms with E-state index >= 15 is 0 Å². The van der Waals surface area contributed by atoms with Gasteiger partial charge in [0.15, 0.2) is 0 Å². The van der Waals surface area contributed by atoms with Crippen LogP contribution in [0.15, 0.2) is 41.4 Å². The van der Waals surface area contributed by atoms with Crippen molar-refractivity contribution in [1.29, 1.82) is 0 Å². The fourth-order valence-electron chi connectivity index (χ4n) is 1.24. The van der Waals surface area contributed by atoms with Crippen LogP contribution in [-0.4, -0.2) is 11.5 Å². The van der Waals surface area contributed by atoms with Crippen molar-refractivity contribution in [1.82, 2.24) is 0 Å². The van der Waals surface area contributed by atoms with Crippen molar-refractivity contribution in [3.63, 3.8) is 0 Å². The normalized spacial score (nSPS) is 12.1. The maximum atomic E-state index is 10.4. The summed E-state index contributed by atoms with van der Waals surface area (Å²) in [6, 6.07) is 7.46. The number of rotatable bonds is 4. The van der Waals surface area contributed by atoms with Crippen molar-refractivity contribution in [2.45, 2.75) is 5.92 Å². The molecule has 0 aliphatic carbocycles. The molecule has 1 aromatic carbocycles. The van der Waals surface area contributed by atoms with E-state index in [2.05, 4.69) is 22.5 Å². The molecular formula is C10H10BrNO2. The quantitative estimate of drug-likeness (QED) is 0.472. The fourth-order valence-corrected chi connectivity index (χ4v) is 1.82. The van der Waals surface area contributed by atoms with Gasteiger partial charge >= 0.3 is 0 Å². The first-order valence-electron chi connectivity index (χ1n) is 4.14. The van der Waals surface area contributed by atoms with Gasteiger partial charge in [-0.25, -0.2) is 0 Å². The monoisotopic (exact) mass is 255 g/mol. The average Bonchev–Trinajstić information content (AvgIpc) is 2.15. The van der Waals surface area contributed by atoms with Gasteiger partial charge < -0.3 is 0 Å². The van der Waals surface area contributed by atoms with E-state index in [1.807, 2.05) is 24.3 Å². The van der Waals surface area contributed by atoms with Gasteiger partial charge in [0.1, 0.15) is 0 Å². The average molecular weight is 256 g/mol. The first kappa shape index (κ1) is 10.9. The van der Waals surface area contributed by atoms with Crippen LogP contribution in [0, 0.1) is 10.1 Å². The predicted molar refractivity (Wildman–Crippen MR) is 58.9 cm³/mol. The third kappa shape index (κ3) is 2.67. The van der Waals surface area contributed by atoms with Crippen molar-refractivity contribution in [3.05, 3.63) is 57.1 Å². The summed E-state index contributed by atoms with van der Waals surface area (Å²) < 4.78 is 0.881. The van der Waals surface area contributed by atoms with E-state index in [0.29, 0.717) is 0 Å². The van der Waals surface area contributed by atoms with E-state index in [-0.39, 0.29) is 17.4 Å². The summed E-state index contributed by atoms with van der Waals surface area (Å²) in [5.41, 5.74) is 0.902. The maximum Gasteiger partial charge on any atom is 0.214 e. The Bertz CT molecular complexity index is 352. The number of benzene rings is 1. The van der Waals surface area contributed by atoms with Gasteiger partial charge in [0.05, 0.1) is 5.92 Å². The van der Waals surface area contributed by atoms with Gasteiger partial charge in [-0.2, -0.15) is 0 Å². The molecule has 0 aromatic heterocycles. The number of halogens is 1. The maximum absolute atomic E-state index is 10.4. The molecule has 1 rings (SSSR count). The van der Waals surface area contributed by atoms with Gasteiger partial charge in [-0.15, -0.1) is 6.58 Å². The van der Waals surface area contributed by atoms with Gasteiger partial charge in [-0.3, -0.25) is 10.1 Å². The van der Waals surface area contributed by atoms with Crippen LogP contribution in [0.3, 0.4) is 0 Å². The van der Waals surface area contributed by atoms with Crippen LogP contribution >= 0.6 is 15.9 Å². The second kappa shape index (κ2) is 4.91. The Morgan fingerprint density at radius 1 is 1.57 bits per heavy atom. The minimum absolute atomic E-state index is 0.119. The minimum atomic E-state index is -0.328. The molecule has 0 fully saturated rings. The molecule has 0 N–H and O–H groups in total. The van der Waals surface area contributed by atoms with Crippen molar-refractivity contribution >= 4 is 15.9 Å². The Morgan fingerprint density at radius 2 is 2.21 bits per heavy atom. The Hall–Kier alpha value is -1.16. The predicted octanol–water partition coefficient (Wildman–Crippen LogP) is 3.00. The Kier molecular flexibility index (Phi) is 3.83. The summed E-state index contributed by atoms with van der Waals surface area (Å²) in [7, 11) is 0. The van der Waals surface area contributed by atoms with Crippen LogP contribution in [0.1, 0.15) is 11.5 Å². The molecule has 0 radical (unpaired) electrons. The molecule has 0 heterocycles. The summed E-state index contributed by atoms with van der Waals surface area (Å²) in [5.74, 6) is -0.236. The molecule has 0 spiro atoms. The summed E-state index contributed by atoms with van der Waals surface area (Å²) in [4.78, 5) is 10.1. The van der Waals surface area contributed by atoms with Crippen molar-refractivity contribution < 1.29 is 4.92 Å². The van der Waals surface area contributed by atoms with Gasteiger partial charge in [0.2, 0.25) is 6.54 Å². The van der Waals surface area contributed by atoms with Crippen molar-refractivity contribution in [2.24, 2.45) is 0 Å². The van der Waals surface area contributed by atoms with Gasteiger partial charge in [0.25, 0.3) is 0 Å². The molecule has 0 aliphatic rings. The lowest BCUT2D eigenvalue weighted by molar-refractivity contribution is -0.481. The van der Waals surface area contributed by atoms with Crippen LogP contribution in [0.2, 0.25) is 0 Å². The van der Waals surface area contributed by atoms with Crippen molar-refractivity contribution in [2.75, 3.05) is 6.54 Å².